The largest absolute Gasteiger partial charge is 0.309 e. The minimum absolute atomic E-state index is 0.869. The van der Waals surface area contributed by atoms with Gasteiger partial charge in [0.05, 0.1) is 22.2 Å². The van der Waals surface area contributed by atoms with Gasteiger partial charge in [-0.15, -0.1) is 0 Å². The second kappa shape index (κ2) is 17.1. The first kappa shape index (κ1) is 43.2. The van der Waals surface area contributed by atoms with Crippen molar-refractivity contribution in [2.75, 3.05) is 4.90 Å². The molecule has 7 heteroatoms. The Labute approximate surface area is 436 Å². The van der Waals surface area contributed by atoms with Crippen LogP contribution in [0, 0.1) is 0 Å². The Bertz CT molecular complexity index is 4390. The maximum absolute atomic E-state index is 5.28. The smallest absolute Gasteiger partial charge is 0.186 e. The van der Waals surface area contributed by atoms with Gasteiger partial charge in [0.1, 0.15) is 11.5 Å². The molecule has 0 saturated heterocycles. The van der Waals surface area contributed by atoms with Crippen molar-refractivity contribution in [2.24, 2.45) is 0 Å². The topological polar surface area (TPSA) is 38.4 Å². The number of nitrogens with zero attached hydrogens (tertiary/aromatic N) is 5. The lowest BCUT2D eigenvalue weighted by atomic mass is 10.1. The van der Waals surface area contributed by atoms with E-state index in [1.807, 2.05) is 18.5 Å². The van der Waals surface area contributed by atoms with Crippen LogP contribution < -0.4 is 46.4 Å². The predicted molar refractivity (Wildman–Crippen MR) is 318 cm³/mol. The third kappa shape index (κ3) is 6.23. The molecule has 0 aliphatic carbocycles. The van der Waals surface area contributed by atoms with E-state index in [1.54, 1.807) is 0 Å². The van der Waals surface area contributed by atoms with Crippen molar-refractivity contribution in [1.82, 2.24) is 18.9 Å². The molecule has 0 unspecified atom stereocenters. The van der Waals surface area contributed by atoms with E-state index in [9.17, 15) is 0 Å². The van der Waals surface area contributed by atoms with Crippen molar-refractivity contribution in [3.05, 3.63) is 286 Å². The van der Waals surface area contributed by atoms with E-state index in [1.165, 1.54) is 74.1 Å². The summed E-state index contributed by atoms with van der Waals surface area (Å²) in [6.07, 6.45) is 5.97. The first-order valence-corrected chi connectivity index (χ1v) is 29.7. The Balaban J connectivity index is 1.12. The van der Waals surface area contributed by atoms with E-state index in [-0.39, 0.29) is 0 Å². The van der Waals surface area contributed by atoms with E-state index in [0.29, 0.717) is 0 Å². The first-order valence-electron chi connectivity index (χ1n) is 25.7. The molecule has 15 rings (SSSR count). The summed E-state index contributed by atoms with van der Waals surface area (Å²) in [4.78, 5) is 12.8. The van der Waals surface area contributed by atoms with Crippen LogP contribution in [-0.4, -0.2) is 35.1 Å². The average molecular weight is 990 g/mol. The Morgan fingerprint density at radius 3 is 1.60 bits per heavy atom. The molecular weight excluding hydrogens is 943 g/mol. The van der Waals surface area contributed by atoms with Gasteiger partial charge in [0.25, 0.3) is 0 Å². The Morgan fingerprint density at radius 2 is 0.933 bits per heavy atom. The summed E-state index contributed by atoms with van der Waals surface area (Å²) in [5.74, 6) is 0.869. The molecule has 10 aromatic carbocycles. The third-order valence-electron chi connectivity index (χ3n) is 16.0. The number of pyridine rings is 2. The summed E-state index contributed by atoms with van der Waals surface area (Å²) in [6.45, 7) is 0. The van der Waals surface area contributed by atoms with E-state index in [0.717, 1.165) is 39.4 Å². The number of benzene rings is 10. The van der Waals surface area contributed by atoms with E-state index in [2.05, 4.69) is 281 Å². The molecule has 14 aromatic rings. The number of rotatable bonds is 8. The van der Waals surface area contributed by atoms with Crippen molar-refractivity contribution < 1.29 is 0 Å². The van der Waals surface area contributed by atoms with E-state index < -0.39 is 16.1 Å². The zero-order chi connectivity index (χ0) is 49.5. The normalized spacial score (nSPS) is 13.1. The fourth-order valence-corrected chi connectivity index (χ4v) is 23.1. The molecule has 4 aromatic heterocycles. The van der Waals surface area contributed by atoms with Crippen LogP contribution >= 0.6 is 0 Å². The molecule has 0 bridgehead atoms. The minimum atomic E-state index is -3.33. The van der Waals surface area contributed by atoms with Crippen LogP contribution in [0.5, 0.6) is 0 Å². The highest BCUT2D eigenvalue weighted by Crippen LogP contribution is 2.42. The van der Waals surface area contributed by atoms with Crippen LogP contribution in [0.4, 0.5) is 17.2 Å². The van der Waals surface area contributed by atoms with Crippen LogP contribution in [-0.2, 0) is 0 Å². The summed E-state index contributed by atoms with van der Waals surface area (Å²) in [6, 6.07) is 100. The molecule has 0 fully saturated rings. The number of para-hydroxylation sites is 3. The molecule has 0 N–H and O–H groups in total. The van der Waals surface area contributed by atoms with Crippen LogP contribution in [0.3, 0.4) is 0 Å². The summed E-state index contributed by atoms with van der Waals surface area (Å²) in [7, 11) is -6.56. The van der Waals surface area contributed by atoms with Crippen molar-refractivity contribution in [3.8, 4) is 5.69 Å². The molecule has 0 amide bonds. The lowest BCUT2D eigenvalue weighted by Gasteiger charge is -2.46. The fraction of sp³-hybridized carbons (Fsp3) is 0. The average Bonchev–Trinajstić information content (AvgIpc) is 4.30. The highest BCUT2D eigenvalue weighted by molar-refractivity contribution is 7.23. The van der Waals surface area contributed by atoms with Gasteiger partial charge in [0, 0.05) is 56.7 Å². The summed E-state index contributed by atoms with van der Waals surface area (Å²) in [5.41, 5.74) is 7.92. The quantitative estimate of drug-likeness (QED) is 0.0865. The van der Waals surface area contributed by atoms with Crippen LogP contribution in [0.1, 0.15) is 0 Å². The molecule has 5 heterocycles. The minimum Gasteiger partial charge on any atom is -0.309 e. The highest BCUT2D eigenvalue weighted by Gasteiger charge is 2.52. The van der Waals surface area contributed by atoms with Crippen molar-refractivity contribution in [3.63, 3.8) is 0 Å². The lowest BCUT2D eigenvalue weighted by Crippen LogP contribution is -2.78. The molecule has 1 aliphatic heterocycles. The summed E-state index contributed by atoms with van der Waals surface area (Å²) in [5, 5.41) is 16.5. The SMILES string of the molecule is c1ccc(-n2c3ccccc3c3ccc4c(c32)[Si](c2ccccc2)(c2ccccc2)c2ccc([Si](c3ccccc3)(c3ccccc3)c3ccc5c6ccccc6n6ccnc6c5c3)cc2N4c2ccccn2)cc1. The van der Waals surface area contributed by atoms with Gasteiger partial charge < -0.3 is 4.57 Å². The Morgan fingerprint density at radius 1 is 0.373 bits per heavy atom. The first-order chi connectivity index (χ1) is 37.2. The monoisotopic (exact) mass is 989 g/mol. The van der Waals surface area contributed by atoms with Crippen molar-refractivity contribution in [1.29, 1.82) is 0 Å². The van der Waals surface area contributed by atoms with Gasteiger partial charge in [-0.25, -0.2) is 9.97 Å². The molecular formula is C68H47N5Si2. The lowest BCUT2D eigenvalue weighted by molar-refractivity contribution is 1.17. The second-order valence-electron chi connectivity index (χ2n) is 19.7. The molecule has 0 radical (unpaired) electrons. The van der Waals surface area contributed by atoms with Crippen molar-refractivity contribution >= 4 is 124 Å². The molecule has 75 heavy (non-hydrogen) atoms. The van der Waals surface area contributed by atoms with Crippen molar-refractivity contribution in [2.45, 2.75) is 0 Å². The summed E-state index contributed by atoms with van der Waals surface area (Å²) < 4.78 is 4.79. The zero-order valence-electron chi connectivity index (χ0n) is 40.9. The molecule has 0 saturated carbocycles. The number of hydrogen-bond donors (Lipinski definition) is 0. The zero-order valence-corrected chi connectivity index (χ0v) is 42.9. The van der Waals surface area contributed by atoms with Gasteiger partial charge in [-0.05, 0) is 90.2 Å². The number of aromatic nitrogens is 4. The van der Waals surface area contributed by atoms with Crippen LogP contribution in [0.2, 0.25) is 0 Å². The maximum atomic E-state index is 5.28. The molecule has 1 aliphatic rings. The van der Waals surface area contributed by atoms with Gasteiger partial charge in [0.15, 0.2) is 16.1 Å². The second-order valence-corrected chi connectivity index (χ2v) is 27.2. The van der Waals surface area contributed by atoms with Crippen LogP contribution in [0.25, 0.3) is 54.8 Å². The maximum Gasteiger partial charge on any atom is 0.186 e. The molecule has 5 nitrogen and oxygen atoms in total. The Kier molecular flexibility index (Phi) is 9.85. The molecule has 0 atom stereocenters. The third-order valence-corrected chi connectivity index (χ3v) is 25.6. The van der Waals surface area contributed by atoms with Gasteiger partial charge in [0.2, 0.25) is 0 Å². The standard InChI is InChI=1S/C68H47N5Si2/c1-6-22-48(23-7-1)72-61-35-19-17-33-57(61)58-40-41-62-67(66(58)72)75(51-28-12-4-13-29-51,52-30-14-5-15-31-52)64-42-38-54(47-63(64)73(62)65-36-20-21-43-69-65)74(49-24-8-2-9-25-49,50-26-10-3-11-27-50)53-37-39-55-56-32-16-18-34-60(56)71-45-44-70-68(71)59(55)46-53/h1-47H. The Hall–Kier alpha value is -9.41. The number of hydrogen-bond acceptors (Lipinski definition) is 3. The predicted octanol–water partition coefficient (Wildman–Crippen LogP) is 10.7. The summed E-state index contributed by atoms with van der Waals surface area (Å²) >= 11 is 0. The van der Waals surface area contributed by atoms with Gasteiger partial charge in [-0.2, -0.15) is 0 Å². The number of anilines is 3. The van der Waals surface area contributed by atoms with E-state index in [4.69, 9.17) is 9.97 Å². The molecule has 0 spiro atoms. The van der Waals surface area contributed by atoms with Gasteiger partial charge in [-0.1, -0.05) is 218 Å². The van der Waals surface area contributed by atoms with Gasteiger partial charge in [-0.3, -0.25) is 9.30 Å². The van der Waals surface area contributed by atoms with Gasteiger partial charge >= 0.3 is 0 Å². The number of fused-ring (bicyclic) bond motifs is 12. The number of imidazole rings is 1. The highest BCUT2D eigenvalue weighted by atomic mass is 28.3. The molecule has 352 valence electrons. The van der Waals surface area contributed by atoms with Crippen LogP contribution in [0.15, 0.2) is 286 Å². The van der Waals surface area contributed by atoms with E-state index >= 15 is 0 Å². The fourth-order valence-electron chi connectivity index (χ4n) is 13.0.